The summed E-state index contributed by atoms with van der Waals surface area (Å²) in [5, 5.41) is 13.1. The maximum absolute atomic E-state index is 13.6. The Kier molecular flexibility index (Phi) is 7.13. The maximum atomic E-state index is 13.6. The number of esters is 2. The second-order valence-corrected chi connectivity index (χ2v) is 5.91. The number of hydrogen-bond donors (Lipinski definition) is 1. The molecule has 0 aliphatic carbocycles. The molecule has 30 heavy (non-hydrogen) atoms. The number of rotatable bonds is 7. The van der Waals surface area contributed by atoms with E-state index in [0.29, 0.717) is 0 Å². The van der Waals surface area contributed by atoms with Crippen molar-refractivity contribution in [1.82, 2.24) is 0 Å². The molecule has 0 heterocycles. The van der Waals surface area contributed by atoms with E-state index in [1.54, 1.807) is 0 Å². The van der Waals surface area contributed by atoms with E-state index in [1.807, 2.05) is 0 Å². The fraction of sp³-hybridized carbons (Fsp3) is 0.211. The fourth-order valence-electron chi connectivity index (χ4n) is 2.28. The van der Waals surface area contributed by atoms with Gasteiger partial charge in [0.05, 0.1) is 28.3 Å². The molecule has 0 spiro atoms. The molecule has 0 aliphatic rings. The first-order valence-electron chi connectivity index (χ1n) is 8.55. The van der Waals surface area contributed by atoms with Crippen molar-refractivity contribution < 1.29 is 37.6 Å². The molecule has 158 valence electrons. The van der Waals surface area contributed by atoms with Gasteiger partial charge in [0.1, 0.15) is 11.6 Å². The van der Waals surface area contributed by atoms with Crippen molar-refractivity contribution in [3.63, 3.8) is 0 Å². The van der Waals surface area contributed by atoms with Crippen LogP contribution >= 0.6 is 0 Å². The Morgan fingerprint density at radius 3 is 2.33 bits per heavy atom. The lowest BCUT2D eigenvalue weighted by Gasteiger charge is -2.14. The quantitative estimate of drug-likeness (QED) is 0.413. The van der Waals surface area contributed by atoms with Crippen molar-refractivity contribution in [1.29, 1.82) is 0 Å². The summed E-state index contributed by atoms with van der Waals surface area (Å²) in [6, 6.07) is 5.22. The summed E-state index contributed by atoms with van der Waals surface area (Å²) in [7, 11) is 0. The van der Waals surface area contributed by atoms with Crippen LogP contribution in [0.25, 0.3) is 0 Å². The molecule has 0 saturated heterocycles. The van der Waals surface area contributed by atoms with E-state index in [2.05, 4.69) is 5.32 Å². The largest absolute Gasteiger partial charge is 0.462 e. The number of nitrogens with one attached hydrogen (secondary N) is 1. The first-order chi connectivity index (χ1) is 14.1. The predicted molar refractivity (Wildman–Crippen MR) is 98.9 cm³/mol. The molecular formula is C19H16F2N2O7. The zero-order chi connectivity index (χ0) is 22.4. The number of nitro groups is 1. The molecule has 0 bridgehead atoms. The average Bonchev–Trinajstić information content (AvgIpc) is 2.70. The Labute approximate surface area is 168 Å². The van der Waals surface area contributed by atoms with Crippen LogP contribution in [0.15, 0.2) is 36.4 Å². The first kappa shape index (κ1) is 22.4. The van der Waals surface area contributed by atoms with E-state index >= 15 is 0 Å². The van der Waals surface area contributed by atoms with Crippen LogP contribution in [0.3, 0.4) is 0 Å². The molecule has 0 fully saturated rings. The summed E-state index contributed by atoms with van der Waals surface area (Å²) in [5.74, 6) is -4.70. The van der Waals surface area contributed by atoms with Gasteiger partial charge in [0.15, 0.2) is 6.10 Å². The molecular weight excluding hydrogens is 406 g/mol. The lowest BCUT2D eigenvalue weighted by atomic mass is 10.1. The second kappa shape index (κ2) is 9.54. The third-order valence-electron chi connectivity index (χ3n) is 3.71. The number of carbonyl (C=O) groups excluding carboxylic acids is 3. The smallest absolute Gasteiger partial charge is 0.339 e. The van der Waals surface area contributed by atoms with Gasteiger partial charge in [0.2, 0.25) is 0 Å². The molecule has 1 amide bonds. The molecule has 2 rings (SSSR count). The van der Waals surface area contributed by atoms with E-state index in [-0.39, 0.29) is 17.7 Å². The Balaban J connectivity index is 2.19. The van der Waals surface area contributed by atoms with Crippen LogP contribution in [-0.4, -0.2) is 35.5 Å². The van der Waals surface area contributed by atoms with Crippen molar-refractivity contribution in [2.45, 2.75) is 20.0 Å². The number of halogens is 2. The summed E-state index contributed by atoms with van der Waals surface area (Å²) in [4.78, 5) is 46.6. The van der Waals surface area contributed by atoms with Gasteiger partial charge in [-0.2, -0.15) is 0 Å². The molecule has 1 N–H and O–H groups in total. The molecule has 9 nitrogen and oxygen atoms in total. The number of ether oxygens (including phenoxy) is 2. The molecule has 2 aromatic carbocycles. The highest BCUT2D eigenvalue weighted by molar-refractivity contribution is 5.99. The monoisotopic (exact) mass is 422 g/mol. The van der Waals surface area contributed by atoms with Crippen molar-refractivity contribution in [3.8, 4) is 0 Å². The summed E-state index contributed by atoms with van der Waals surface area (Å²) in [6.45, 7) is 2.70. The minimum Gasteiger partial charge on any atom is -0.462 e. The molecule has 1 unspecified atom stereocenters. The van der Waals surface area contributed by atoms with Gasteiger partial charge in [0, 0.05) is 18.2 Å². The van der Waals surface area contributed by atoms with Crippen LogP contribution < -0.4 is 5.32 Å². The predicted octanol–water partition coefficient (Wildman–Crippen LogP) is 3.23. The first-order valence-corrected chi connectivity index (χ1v) is 8.55. The van der Waals surface area contributed by atoms with Gasteiger partial charge < -0.3 is 14.8 Å². The van der Waals surface area contributed by atoms with Gasteiger partial charge in [-0.3, -0.25) is 14.9 Å². The minimum absolute atomic E-state index is 0.00908. The molecule has 0 radical (unpaired) electrons. The third-order valence-corrected chi connectivity index (χ3v) is 3.71. The standard InChI is InChI=1S/C19H16F2N2O7/c1-3-29-18(25)11-6-12(8-14(7-11)23(27)28)19(26)30-10(2)17(24)22-16-9-13(20)4-5-15(16)21/h4-10H,3H2,1-2H3,(H,22,24). The number of nitrogens with zero attached hydrogens (tertiary/aromatic N) is 1. The van der Waals surface area contributed by atoms with Crippen LogP contribution in [-0.2, 0) is 14.3 Å². The Morgan fingerprint density at radius 1 is 1.10 bits per heavy atom. The van der Waals surface area contributed by atoms with E-state index in [0.717, 1.165) is 43.3 Å². The molecule has 1 atom stereocenters. The summed E-state index contributed by atoms with van der Waals surface area (Å²) in [5.41, 5.74) is -1.64. The van der Waals surface area contributed by atoms with E-state index in [1.165, 1.54) is 6.92 Å². The molecule has 2 aromatic rings. The number of carbonyl (C=O) groups is 3. The molecule has 11 heteroatoms. The van der Waals surface area contributed by atoms with Gasteiger partial charge in [-0.15, -0.1) is 0 Å². The SMILES string of the molecule is CCOC(=O)c1cc(C(=O)OC(C)C(=O)Nc2cc(F)ccc2F)cc([N+](=O)[O-])c1. The number of anilines is 1. The van der Waals surface area contributed by atoms with Crippen LogP contribution in [0.1, 0.15) is 34.6 Å². The Hall–Kier alpha value is -3.89. The number of benzene rings is 2. The van der Waals surface area contributed by atoms with Crippen molar-refractivity contribution in [3.05, 3.63) is 69.3 Å². The lowest BCUT2D eigenvalue weighted by Crippen LogP contribution is -2.30. The van der Waals surface area contributed by atoms with E-state index in [9.17, 15) is 33.3 Å². The van der Waals surface area contributed by atoms with Gasteiger partial charge in [0.25, 0.3) is 11.6 Å². The van der Waals surface area contributed by atoms with Crippen molar-refractivity contribution >= 4 is 29.2 Å². The van der Waals surface area contributed by atoms with Gasteiger partial charge >= 0.3 is 11.9 Å². The van der Waals surface area contributed by atoms with Gasteiger partial charge in [-0.25, -0.2) is 18.4 Å². The Bertz CT molecular complexity index is 1010. The Morgan fingerprint density at radius 2 is 1.73 bits per heavy atom. The summed E-state index contributed by atoms with van der Waals surface area (Å²) < 4.78 is 36.5. The maximum Gasteiger partial charge on any atom is 0.339 e. The summed E-state index contributed by atoms with van der Waals surface area (Å²) in [6.07, 6.45) is -1.47. The topological polar surface area (TPSA) is 125 Å². The lowest BCUT2D eigenvalue weighted by molar-refractivity contribution is -0.384. The zero-order valence-electron chi connectivity index (χ0n) is 15.8. The summed E-state index contributed by atoms with van der Waals surface area (Å²) >= 11 is 0. The molecule has 0 saturated carbocycles. The van der Waals surface area contributed by atoms with Crippen molar-refractivity contribution in [2.24, 2.45) is 0 Å². The third kappa shape index (κ3) is 5.56. The van der Waals surface area contributed by atoms with E-state index < -0.39 is 51.9 Å². The highest BCUT2D eigenvalue weighted by Crippen LogP contribution is 2.20. The average molecular weight is 422 g/mol. The minimum atomic E-state index is -1.47. The number of hydrogen-bond acceptors (Lipinski definition) is 7. The highest BCUT2D eigenvalue weighted by atomic mass is 19.1. The highest BCUT2D eigenvalue weighted by Gasteiger charge is 2.24. The fourth-order valence-corrected chi connectivity index (χ4v) is 2.28. The number of amides is 1. The van der Waals surface area contributed by atoms with E-state index in [4.69, 9.17) is 9.47 Å². The van der Waals surface area contributed by atoms with Gasteiger partial charge in [-0.05, 0) is 32.0 Å². The second-order valence-electron chi connectivity index (χ2n) is 5.91. The van der Waals surface area contributed by atoms with Crippen LogP contribution in [0.4, 0.5) is 20.2 Å². The van der Waals surface area contributed by atoms with Crippen molar-refractivity contribution in [2.75, 3.05) is 11.9 Å². The van der Waals surface area contributed by atoms with Crippen LogP contribution in [0.2, 0.25) is 0 Å². The molecule has 0 aliphatic heterocycles. The number of nitro benzene ring substituents is 1. The zero-order valence-corrected chi connectivity index (χ0v) is 15.8. The number of non-ortho nitro benzene ring substituents is 1. The normalized spacial score (nSPS) is 11.3. The molecule has 0 aromatic heterocycles. The van der Waals surface area contributed by atoms with Gasteiger partial charge in [-0.1, -0.05) is 0 Å². The van der Waals surface area contributed by atoms with Crippen LogP contribution in [0, 0.1) is 21.7 Å². The van der Waals surface area contributed by atoms with Crippen LogP contribution in [0.5, 0.6) is 0 Å².